The van der Waals surface area contributed by atoms with Crippen molar-refractivity contribution in [3.8, 4) is 0 Å². The molecule has 2 amide bonds. The molecule has 1 saturated heterocycles. The molecule has 0 unspecified atom stereocenters. The van der Waals surface area contributed by atoms with Gasteiger partial charge in [0.2, 0.25) is 5.91 Å². The molecule has 5 nitrogen and oxygen atoms in total. The maximum absolute atomic E-state index is 12.1. The van der Waals surface area contributed by atoms with Crippen molar-refractivity contribution in [3.05, 3.63) is 51.8 Å². The van der Waals surface area contributed by atoms with Crippen molar-refractivity contribution in [2.75, 3.05) is 18.2 Å². The zero-order chi connectivity index (χ0) is 16.2. The van der Waals surface area contributed by atoms with E-state index in [4.69, 9.17) is 0 Å². The summed E-state index contributed by atoms with van der Waals surface area (Å²) in [7, 11) is 0. The highest BCUT2D eigenvalue weighted by Gasteiger charge is 2.22. The molecule has 2 aromatic rings. The molecular formula is C16H17N3O2S2. The molecule has 1 fully saturated rings. The van der Waals surface area contributed by atoms with Gasteiger partial charge in [-0.2, -0.15) is 4.99 Å². The maximum atomic E-state index is 12.1. The summed E-state index contributed by atoms with van der Waals surface area (Å²) in [6, 6.07) is 8.29. The monoisotopic (exact) mass is 347 g/mol. The first-order valence-corrected chi connectivity index (χ1v) is 9.28. The summed E-state index contributed by atoms with van der Waals surface area (Å²) in [6.07, 6.45) is 1.92. The SMILES string of the molecule is Cc1ccc(Cn2ccsc2=NC(=O)CN2CSCC2=O)cc1. The third-order valence-corrected chi connectivity index (χ3v) is 5.25. The van der Waals surface area contributed by atoms with Gasteiger partial charge in [-0.15, -0.1) is 23.1 Å². The summed E-state index contributed by atoms with van der Waals surface area (Å²) in [4.78, 5) is 30.0. The predicted octanol–water partition coefficient (Wildman–Crippen LogP) is 1.87. The number of thiazole rings is 1. The van der Waals surface area contributed by atoms with Gasteiger partial charge in [-0.05, 0) is 12.5 Å². The first-order chi connectivity index (χ1) is 11.1. The molecule has 0 atom stereocenters. The van der Waals surface area contributed by atoms with Crippen molar-refractivity contribution in [1.29, 1.82) is 0 Å². The van der Waals surface area contributed by atoms with Gasteiger partial charge in [-0.1, -0.05) is 29.8 Å². The molecule has 3 rings (SSSR count). The first-order valence-electron chi connectivity index (χ1n) is 7.24. The lowest BCUT2D eigenvalue weighted by atomic mass is 10.1. The van der Waals surface area contributed by atoms with Crippen molar-refractivity contribution in [1.82, 2.24) is 9.47 Å². The van der Waals surface area contributed by atoms with E-state index in [2.05, 4.69) is 36.2 Å². The van der Waals surface area contributed by atoms with Gasteiger partial charge in [0, 0.05) is 18.1 Å². The zero-order valence-corrected chi connectivity index (χ0v) is 14.4. The molecule has 120 valence electrons. The highest BCUT2D eigenvalue weighted by Crippen LogP contribution is 2.14. The topological polar surface area (TPSA) is 54.7 Å². The maximum Gasteiger partial charge on any atom is 0.267 e. The minimum absolute atomic E-state index is 0.0114. The number of thioether (sulfide) groups is 1. The Morgan fingerprint density at radius 1 is 1.30 bits per heavy atom. The second-order valence-corrected chi connectivity index (χ2v) is 7.20. The van der Waals surface area contributed by atoms with Gasteiger partial charge in [0.15, 0.2) is 4.80 Å². The summed E-state index contributed by atoms with van der Waals surface area (Å²) in [5.74, 6) is 0.770. The first kappa shape index (κ1) is 16.0. The molecule has 1 aliphatic heterocycles. The standard InChI is InChI=1S/C16H17N3O2S2/c1-12-2-4-13(5-3-12)8-18-6-7-23-16(18)17-14(20)9-19-11-22-10-15(19)21/h2-7H,8-11H2,1H3. The lowest BCUT2D eigenvalue weighted by molar-refractivity contribution is -0.131. The normalized spacial score (nSPS) is 15.4. The van der Waals surface area contributed by atoms with E-state index < -0.39 is 0 Å². The molecule has 2 heterocycles. The fourth-order valence-electron chi connectivity index (χ4n) is 2.24. The van der Waals surface area contributed by atoms with Gasteiger partial charge >= 0.3 is 0 Å². The average molecular weight is 347 g/mol. The van der Waals surface area contributed by atoms with Gasteiger partial charge < -0.3 is 9.47 Å². The largest absolute Gasteiger partial charge is 0.323 e. The molecule has 1 aliphatic rings. The van der Waals surface area contributed by atoms with Crippen molar-refractivity contribution >= 4 is 34.9 Å². The van der Waals surface area contributed by atoms with Gasteiger partial charge in [-0.25, -0.2) is 0 Å². The van der Waals surface area contributed by atoms with E-state index in [1.54, 1.807) is 4.90 Å². The summed E-state index contributed by atoms with van der Waals surface area (Å²) in [5.41, 5.74) is 2.38. The fourth-order valence-corrected chi connectivity index (χ4v) is 3.89. The van der Waals surface area contributed by atoms with E-state index in [9.17, 15) is 9.59 Å². The van der Waals surface area contributed by atoms with Crippen molar-refractivity contribution in [2.45, 2.75) is 13.5 Å². The van der Waals surface area contributed by atoms with Crippen LogP contribution in [0.3, 0.4) is 0 Å². The molecule has 0 bridgehead atoms. The molecule has 1 aromatic carbocycles. The van der Waals surface area contributed by atoms with Crippen LogP contribution in [0, 0.1) is 6.92 Å². The lowest BCUT2D eigenvalue weighted by Gasteiger charge is -2.11. The summed E-state index contributed by atoms with van der Waals surface area (Å²) in [6.45, 7) is 2.79. The molecular weight excluding hydrogens is 330 g/mol. The van der Waals surface area contributed by atoms with Crippen LogP contribution in [0.4, 0.5) is 0 Å². The summed E-state index contributed by atoms with van der Waals surface area (Å²) >= 11 is 2.95. The molecule has 1 aromatic heterocycles. The van der Waals surface area contributed by atoms with Crippen LogP contribution in [0.2, 0.25) is 0 Å². The smallest absolute Gasteiger partial charge is 0.267 e. The van der Waals surface area contributed by atoms with Gasteiger partial charge in [0.1, 0.15) is 6.54 Å². The molecule has 0 N–H and O–H groups in total. The van der Waals surface area contributed by atoms with Crippen molar-refractivity contribution in [3.63, 3.8) is 0 Å². The van der Waals surface area contributed by atoms with Crippen LogP contribution in [0.25, 0.3) is 0 Å². The minimum atomic E-state index is -0.277. The second-order valence-electron chi connectivity index (χ2n) is 5.37. The molecule has 0 saturated carbocycles. The van der Waals surface area contributed by atoms with E-state index in [0.29, 0.717) is 23.0 Å². The predicted molar refractivity (Wildman–Crippen MR) is 92.2 cm³/mol. The Bertz CT molecular complexity index is 777. The van der Waals surface area contributed by atoms with Gasteiger partial charge in [0.25, 0.3) is 5.91 Å². The number of benzene rings is 1. The van der Waals surface area contributed by atoms with Crippen molar-refractivity contribution in [2.24, 2.45) is 4.99 Å². The fraction of sp³-hybridized carbons (Fsp3) is 0.312. The number of hydrogen-bond acceptors (Lipinski definition) is 4. The minimum Gasteiger partial charge on any atom is -0.323 e. The van der Waals surface area contributed by atoms with E-state index in [0.717, 1.165) is 5.56 Å². The summed E-state index contributed by atoms with van der Waals surface area (Å²) < 4.78 is 1.95. The quantitative estimate of drug-likeness (QED) is 0.848. The third-order valence-electron chi connectivity index (χ3n) is 3.51. The number of carbonyl (C=O) groups excluding carboxylic acids is 2. The molecule has 23 heavy (non-hydrogen) atoms. The highest BCUT2D eigenvalue weighted by atomic mass is 32.2. The Labute approximate surface area is 142 Å². The Morgan fingerprint density at radius 3 is 2.78 bits per heavy atom. The van der Waals surface area contributed by atoms with Crippen LogP contribution in [0.15, 0.2) is 40.8 Å². The Hall–Kier alpha value is -1.86. The second kappa shape index (κ2) is 7.14. The zero-order valence-electron chi connectivity index (χ0n) is 12.8. The van der Waals surface area contributed by atoms with E-state index >= 15 is 0 Å². The number of aryl methyl sites for hydroxylation is 1. The summed E-state index contributed by atoms with van der Waals surface area (Å²) in [5, 5.41) is 1.91. The van der Waals surface area contributed by atoms with Crippen LogP contribution in [-0.2, 0) is 16.1 Å². The highest BCUT2D eigenvalue weighted by molar-refractivity contribution is 8.00. The average Bonchev–Trinajstić information content (AvgIpc) is 3.12. The van der Waals surface area contributed by atoms with Crippen LogP contribution >= 0.6 is 23.1 Å². The van der Waals surface area contributed by atoms with Crippen molar-refractivity contribution < 1.29 is 9.59 Å². The van der Waals surface area contributed by atoms with Gasteiger partial charge in [0.05, 0.1) is 11.6 Å². The number of amides is 2. The lowest BCUT2D eigenvalue weighted by Crippen LogP contribution is -2.31. The molecule has 0 spiro atoms. The number of rotatable bonds is 4. The number of nitrogens with zero attached hydrogens (tertiary/aromatic N) is 3. The third kappa shape index (κ3) is 4.11. The van der Waals surface area contributed by atoms with Crippen LogP contribution in [0.1, 0.15) is 11.1 Å². The molecule has 0 aliphatic carbocycles. The van der Waals surface area contributed by atoms with Gasteiger partial charge in [-0.3, -0.25) is 9.59 Å². The van der Waals surface area contributed by atoms with E-state index in [1.165, 1.54) is 28.7 Å². The number of carbonyl (C=O) groups is 2. The van der Waals surface area contributed by atoms with E-state index in [1.807, 2.05) is 16.1 Å². The van der Waals surface area contributed by atoms with Crippen LogP contribution < -0.4 is 4.80 Å². The Balaban J connectivity index is 1.73. The van der Waals surface area contributed by atoms with E-state index in [-0.39, 0.29) is 18.4 Å². The van der Waals surface area contributed by atoms with Crippen LogP contribution in [0.5, 0.6) is 0 Å². The number of aromatic nitrogens is 1. The molecule has 0 radical (unpaired) electrons. The van der Waals surface area contributed by atoms with Crippen LogP contribution in [-0.4, -0.2) is 39.5 Å². The number of hydrogen-bond donors (Lipinski definition) is 0. The Morgan fingerprint density at radius 2 is 2.09 bits per heavy atom. The molecule has 7 heteroatoms. The Kier molecular flexibility index (Phi) is 4.97.